The molecule has 0 saturated heterocycles. The van der Waals surface area contributed by atoms with E-state index < -0.39 is 5.97 Å². The number of pyridine rings is 1. The smallest absolute Gasteiger partial charge is 0.346 e. The minimum Gasteiger partial charge on any atom is -0.481 e. The number of methoxy groups -OCH3 is 1. The molecule has 6 heteroatoms. The highest BCUT2D eigenvalue weighted by molar-refractivity contribution is 7.12. The van der Waals surface area contributed by atoms with Crippen LogP contribution < -0.4 is 10.1 Å². The van der Waals surface area contributed by atoms with Gasteiger partial charge in [-0.25, -0.2) is 9.78 Å². The average molecular weight is 278 g/mol. The van der Waals surface area contributed by atoms with E-state index in [4.69, 9.17) is 9.84 Å². The average Bonchev–Trinajstić information content (AvgIpc) is 2.88. The fraction of sp³-hybridized carbons (Fsp3) is 0.231. The summed E-state index contributed by atoms with van der Waals surface area (Å²) in [4.78, 5) is 15.4. The SMILES string of the molecule is COc1ccc(CNCc2ccsc2C(=O)O)cn1. The van der Waals surface area contributed by atoms with Crippen molar-refractivity contribution < 1.29 is 14.6 Å². The molecule has 5 nitrogen and oxygen atoms in total. The van der Waals surface area contributed by atoms with Gasteiger partial charge in [0, 0.05) is 25.4 Å². The summed E-state index contributed by atoms with van der Waals surface area (Å²) >= 11 is 1.24. The van der Waals surface area contributed by atoms with Crippen LogP contribution in [0.25, 0.3) is 0 Å². The fourth-order valence-corrected chi connectivity index (χ4v) is 2.40. The molecular formula is C13H14N2O3S. The van der Waals surface area contributed by atoms with Gasteiger partial charge in [0.1, 0.15) is 4.88 Å². The molecule has 0 bridgehead atoms. The summed E-state index contributed by atoms with van der Waals surface area (Å²) in [6.45, 7) is 1.16. The number of aromatic carboxylic acids is 1. The van der Waals surface area contributed by atoms with Gasteiger partial charge in [0.25, 0.3) is 0 Å². The van der Waals surface area contributed by atoms with Crippen LogP contribution in [0.5, 0.6) is 5.88 Å². The number of aromatic nitrogens is 1. The molecule has 0 amide bonds. The van der Waals surface area contributed by atoms with E-state index in [-0.39, 0.29) is 0 Å². The van der Waals surface area contributed by atoms with Crippen molar-refractivity contribution in [2.24, 2.45) is 0 Å². The van der Waals surface area contributed by atoms with Gasteiger partial charge in [0.05, 0.1) is 7.11 Å². The van der Waals surface area contributed by atoms with Gasteiger partial charge >= 0.3 is 5.97 Å². The second-order valence-electron chi connectivity index (χ2n) is 3.89. The molecule has 2 rings (SSSR count). The van der Waals surface area contributed by atoms with Gasteiger partial charge in [-0.3, -0.25) is 0 Å². The first-order valence-corrected chi connectivity index (χ1v) is 6.58. The van der Waals surface area contributed by atoms with Crippen LogP contribution in [0.1, 0.15) is 20.8 Å². The Morgan fingerprint density at radius 3 is 2.89 bits per heavy atom. The Labute approximate surface area is 114 Å². The van der Waals surface area contributed by atoms with Crippen LogP contribution in [0.15, 0.2) is 29.8 Å². The lowest BCUT2D eigenvalue weighted by Crippen LogP contribution is -2.14. The summed E-state index contributed by atoms with van der Waals surface area (Å²) < 4.78 is 4.98. The Morgan fingerprint density at radius 2 is 2.26 bits per heavy atom. The highest BCUT2D eigenvalue weighted by atomic mass is 32.1. The molecule has 0 fully saturated rings. The predicted octanol–water partition coefficient (Wildman–Crippen LogP) is 2.14. The van der Waals surface area contributed by atoms with Crippen LogP contribution in [-0.2, 0) is 13.1 Å². The highest BCUT2D eigenvalue weighted by Crippen LogP contribution is 2.16. The molecule has 0 saturated carbocycles. The fourth-order valence-electron chi connectivity index (χ4n) is 1.64. The third kappa shape index (κ3) is 3.52. The number of carboxylic acid groups (broad SMARTS) is 1. The minimum absolute atomic E-state index is 0.389. The van der Waals surface area contributed by atoms with Gasteiger partial charge in [-0.05, 0) is 22.6 Å². The summed E-state index contributed by atoms with van der Waals surface area (Å²) in [7, 11) is 1.57. The van der Waals surface area contributed by atoms with Crippen LogP contribution in [0.3, 0.4) is 0 Å². The van der Waals surface area contributed by atoms with Crippen molar-refractivity contribution in [3.05, 3.63) is 45.8 Å². The summed E-state index contributed by atoms with van der Waals surface area (Å²) in [5, 5.41) is 14.0. The van der Waals surface area contributed by atoms with Crippen molar-refractivity contribution in [3.8, 4) is 5.88 Å². The van der Waals surface area contributed by atoms with Crippen molar-refractivity contribution in [3.63, 3.8) is 0 Å². The second-order valence-corrected chi connectivity index (χ2v) is 4.81. The first-order valence-electron chi connectivity index (χ1n) is 5.70. The number of ether oxygens (including phenoxy) is 1. The first-order chi connectivity index (χ1) is 9.20. The van der Waals surface area contributed by atoms with Crippen molar-refractivity contribution in [2.75, 3.05) is 7.11 Å². The summed E-state index contributed by atoms with van der Waals surface area (Å²) in [5.41, 5.74) is 1.83. The third-order valence-corrected chi connectivity index (χ3v) is 3.54. The zero-order chi connectivity index (χ0) is 13.7. The topological polar surface area (TPSA) is 71.5 Å². The Morgan fingerprint density at radius 1 is 1.42 bits per heavy atom. The molecule has 0 radical (unpaired) electrons. The van der Waals surface area contributed by atoms with Crippen molar-refractivity contribution >= 4 is 17.3 Å². The Hall–Kier alpha value is -1.92. The molecule has 2 heterocycles. The maximum absolute atomic E-state index is 10.9. The van der Waals surface area contributed by atoms with E-state index in [0.29, 0.717) is 23.8 Å². The Bertz CT molecular complexity index is 551. The second kappa shape index (κ2) is 6.31. The van der Waals surface area contributed by atoms with Crippen LogP contribution in [0.2, 0.25) is 0 Å². The molecule has 0 aromatic carbocycles. The van der Waals surface area contributed by atoms with Gasteiger partial charge < -0.3 is 15.2 Å². The number of hydrogen-bond donors (Lipinski definition) is 2. The Kier molecular flexibility index (Phi) is 4.48. The zero-order valence-electron chi connectivity index (χ0n) is 10.4. The molecule has 0 spiro atoms. The highest BCUT2D eigenvalue weighted by Gasteiger charge is 2.10. The number of carbonyl (C=O) groups is 1. The molecule has 0 atom stereocenters. The quantitative estimate of drug-likeness (QED) is 0.847. The van der Waals surface area contributed by atoms with Crippen LogP contribution >= 0.6 is 11.3 Å². The summed E-state index contributed by atoms with van der Waals surface area (Å²) in [6, 6.07) is 5.54. The molecule has 2 aromatic heterocycles. The molecule has 2 N–H and O–H groups in total. The maximum atomic E-state index is 10.9. The third-order valence-electron chi connectivity index (χ3n) is 2.59. The molecule has 100 valence electrons. The van der Waals surface area contributed by atoms with Crippen molar-refractivity contribution in [2.45, 2.75) is 13.1 Å². The van der Waals surface area contributed by atoms with E-state index in [1.165, 1.54) is 11.3 Å². The number of hydrogen-bond acceptors (Lipinski definition) is 5. The lowest BCUT2D eigenvalue weighted by Gasteiger charge is -2.05. The molecular weight excluding hydrogens is 264 g/mol. The van der Waals surface area contributed by atoms with Gasteiger partial charge in [0.2, 0.25) is 5.88 Å². The number of carboxylic acids is 1. The normalized spacial score (nSPS) is 10.4. The Balaban J connectivity index is 1.89. The lowest BCUT2D eigenvalue weighted by molar-refractivity contribution is 0.0701. The van der Waals surface area contributed by atoms with Gasteiger partial charge in [-0.15, -0.1) is 11.3 Å². The van der Waals surface area contributed by atoms with Crippen LogP contribution in [0, 0.1) is 0 Å². The minimum atomic E-state index is -0.877. The van der Waals surface area contributed by atoms with E-state index in [1.54, 1.807) is 24.8 Å². The molecule has 0 aliphatic heterocycles. The molecule has 19 heavy (non-hydrogen) atoms. The van der Waals surface area contributed by atoms with E-state index >= 15 is 0 Å². The predicted molar refractivity (Wildman–Crippen MR) is 72.6 cm³/mol. The maximum Gasteiger partial charge on any atom is 0.346 e. The van der Waals surface area contributed by atoms with Gasteiger partial charge in [-0.2, -0.15) is 0 Å². The largest absolute Gasteiger partial charge is 0.481 e. The van der Waals surface area contributed by atoms with E-state index in [0.717, 1.165) is 11.1 Å². The van der Waals surface area contributed by atoms with Crippen LogP contribution in [0.4, 0.5) is 0 Å². The monoisotopic (exact) mass is 278 g/mol. The number of nitrogens with one attached hydrogen (secondary N) is 1. The van der Waals surface area contributed by atoms with E-state index in [2.05, 4.69) is 10.3 Å². The number of thiophene rings is 1. The van der Waals surface area contributed by atoms with Crippen molar-refractivity contribution in [1.82, 2.24) is 10.3 Å². The summed E-state index contributed by atoms with van der Waals surface area (Å²) in [5.74, 6) is -0.298. The van der Waals surface area contributed by atoms with E-state index in [1.807, 2.05) is 12.1 Å². The molecule has 0 unspecified atom stereocenters. The number of nitrogens with zero attached hydrogens (tertiary/aromatic N) is 1. The molecule has 0 aliphatic rings. The lowest BCUT2D eigenvalue weighted by atomic mass is 10.2. The summed E-state index contributed by atoms with van der Waals surface area (Å²) in [6.07, 6.45) is 1.73. The zero-order valence-corrected chi connectivity index (χ0v) is 11.2. The van der Waals surface area contributed by atoms with Gasteiger partial charge in [0.15, 0.2) is 0 Å². The van der Waals surface area contributed by atoms with Gasteiger partial charge in [-0.1, -0.05) is 6.07 Å². The first kappa shape index (κ1) is 13.5. The molecule has 2 aromatic rings. The standard InChI is InChI=1S/C13H14N2O3S/c1-18-11-3-2-9(7-15-11)6-14-8-10-4-5-19-12(10)13(16)17/h2-5,7,14H,6,8H2,1H3,(H,16,17). The number of rotatable bonds is 6. The van der Waals surface area contributed by atoms with Crippen LogP contribution in [-0.4, -0.2) is 23.2 Å². The molecule has 0 aliphatic carbocycles. The van der Waals surface area contributed by atoms with Crippen molar-refractivity contribution in [1.29, 1.82) is 0 Å². The van der Waals surface area contributed by atoms with E-state index in [9.17, 15) is 4.79 Å².